The number of primary amides is 2. The van der Waals surface area contributed by atoms with E-state index in [2.05, 4.69) is 65.0 Å². The molecule has 0 spiro atoms. The molecule has 0 saturated carbocycles. The Morgan fingerprint density at radius 3 is 1.64 bits per heavy atom. The van der Waals surface area contributed by atoms with Crippen LogP contribution >= 0.6 is 0 Å². The first-order valence-electron chi connectivity index (χ1n) is 14.5. The van der Waals surface area contributed by atoms with E-state index in [4.69, 9.17) is 17.0 Å². The van der Waals surface area contributed by atoms with Gasteiger partial charge in [-0.25, -0.2) is 53.5 Å². The Kier molecular flexibility index (Phi) is 26.2. The van der Waals surface area contributed by atoms with Crippen LogP contribution in [-0.4, -0.2) is 129 Å². The first kappa shape index (κ1) is 52.3. The van der Waals surface area contributed by atoms with E-state index in [9.17, 15) is 43.2 Å². The highest BCUT2D eigenvalue weighted by Gasteiger charge is 2.22. The molecule has 2 amide bonds. The number of hydrogen-bond donors (Lipinski definition) is 5. The molecule has 3 aromatic heterocycles. The van der Waals surface area contributed by atoms with Crippen LogP contribution in [0.3, 0.4) is 0 Å². The van der Waals surface area contributed by atoms with Gasteiger partial charge in [0.25, 0.3) is 11.8 Å². The van der Waals surface area contributed by atoms with Gasteiger partial charge in [0.1, 0.15) is 6.33 Å². The molecule has 28 heteroatoms. The molecule has 0 aliphatic heterocycles. The van der Waals surface area contributed by atoms with Crippen molar-refractivity contribution in [2.24, 2.45) is 26.6 Å². The lowest BCUT2D eigenvalue weighted by atomic mass is 10.3. The average Bonchev–Trinajstić information content (AvgIpc) is 3.83. The molecule has 55 heavy (non-hydrogen) atoms. The number of aromatic amines is 1. The number of methoxy groups -OCH3 is 4. The zero-order valence-electron chi connectivity index (χ0n) is 30.5. The summed E-state index contributed by atoms with van der Waals surface area (Å²) in [4.78, 5) is 111. The molecule has 3 rings (SSSR count). The lowest BCUT2D eigenvalue weighted by Gasteiger charge is -2.09. The molecule has 0 aliphatic rings. The van der Waals surface area contributed by atoms with Crippen molar-refractivity contribution in [1.29, 1.82) is 5.53 Å². The number of imidazole rings is 2. The maximum absolute atomic E-state index is 12.0. The van der Waals surface area contributed by atoms with Gasteiger partial charge in [-0.3, -0.25) is 9.59 Å². The molecule has 0 aliphatic carbocycles. The van der Waals surface area contributed by atoms with E-state index in [1.807, 2.05) is 0 Å². The number of esters is 4. The van der Waals surface area contributed by atoms with Crippen molar-refractivity contribution in [3.05, 3.63) is 34.5 Å². The number of amides is 2. The number of nitrogens with one attached hydrogen (secondary N) is 2. The quantitative estimate of drug-likeness (QED) is 0.0418. The molecule has 0 bridgehead atoms. The molecule has 0 radical (unpaired) electrons. The highest BCUT2D eigenvalue weighted by molar-refractivity contribution is 5.96. The molecule has 3 aromatic rings. The van der Waals surface area contributed by atoms with Gasteiger partial charge in [0.05, 0.1) is 34.8 Å². The molecule has 0 unspecified atom stereocenters. The minimum atomic E-state index is -0.950. The van der Waals surface area contributed by atoms with Gasteiger partial charge < -0.3 is 53.5 Å². The van der Waals surface area contributed by atoms with E-state index in [1.165, 1.54) is 67.7 Å². The molecular weight excluding hydrogens is 764 g/mol. The number of carbonyl (C=O) groups is 6. The molecule has 0 fully saturated rings. The molecule has 4 atom stereocenters. The zero-order valence-corrected chi connectivity index (χ0v) is 31.3. The van der Waals surface area contributed by atoms with Crippen molar-refractivity contribution in [2.45, 2.75) is 51.9 Å². The highest BCUT2D eigenvalue weighted by atomic mass is 35.5. The maximum atomic E-state index is 12.0. The number of hydrogen-bond acceptors (Lipinski definition) is 21. The van der Waals surface area contributed by atoms with Gasteiger partial charge in [-0.05, 0) is 27.7 Å². The van der Waals surface area contributed by atoms with Crippen molar-refractivity contribution in [1.82, 2.24) is 34.3 Å². The van der Waals surface area contributed by atoms with Crippen molar-refractivity contribution < 1.29 is 75.4 Å². The predicted octanol–water partition coefficient (Wildman–Crippen LogP) is -6.15. The zero-order chi connectivity index (χ0) is 42.1. The molecule has 0 aromatic carbocycles. The number of rotatable bonds is 10. The minimum absolute atomic E-state index is 0. The summed E-state index contributed by atoms with van der Waals surface area (Å²) >= 11 is 0. The van der Waals surface area contributed by atoms with Crippen LogP contribution < -0.4 is 35.3 Å². The lowest BCUT2D eigenvalue weighted by molar-refractivity contribution is -0.402. The Morgan fingerprint density at radius 1 is 0.836 bits per heavy atom. The van der Waals surface area contributed by atoms with Gasteiger partial charge in [-0.2, -0.15) is 14.7 Å². The number of carbonyl (C=O) groups excluding carboxylic acids is 8. The maximum Gasteiger partial charge on any atom is 0.364 e. The standard InChI is InChI=1S/C9H10N6O4.2C5H7NO3.C4H5N5O.C4H9NO2.ClH/c1-4(8(17)19-2)15-9(18)14-3-11-5(6(10)16)7(14)12-13-15;2*1-4(6-3-7)5(8)9-2;5-3(10)2-4(9-6)8-1-7-2;1-3(5)4(6)7-2;/h3-4H,1-2H3,(H2,10,16);2*4H,1-2H3;1,6H,(H2,5,10)(H,7,8);3H,5H2,1-2H3;1H/t3*4-;;3-;/m111.1./s1. The highest BCUT2D eigenvalue weighted by Crippen LogP contribution is 2.10. The summed E-state index contributed by atoms with van der Waals surface area (Å²) in [5.74, 6) is -3.44. The molecule has 9 N–H and O–H groups in total. The number of nitrogens with zero attached hydrogens (tertiary/aromatic N) is 9. The van der Waals surface area contributed by atoms with E-state index >= 15 is 0 Å². The third-order valence-electron chi connectivity index (χ3n) is 5.68. The number of aromatic nitrogens is 7. The second-order valence-electron chi connectivity index (χ2n) is 9.51. The number of halogens is 1. The largest absolute Gasteiger partial charge is 1.00 e. The monoisotopic (exact) mass is 802 g/mol. The van der Waals surface area contributed by atoms with Crippen LogP contribution in [0, 0.1) is 5.53 Å². The topological polar surface area (TPSA) is 408 Å². The van der Waals surface area contributed by atoms with Crippen LogP contribution in [0.15, 0.2) is 32.5 Å². The second kappa shape index (κ2) is 27.6. The Morgan fingerprint density at radius 2 is 1.31 bits per heavy atom. The number of isocyanates is 2. The lowest BCUT2D eigenvalue weighted by Crippen LogP contribution is -3.00. The average molecular weight is 803 g/mol. The summed E-state index contributed by atoms with van der Waals surface area (Å²) in [5, 5.41) is 10.2. The summed E-state index contributed by atoms with van der Waals surface area (Å²) in [5.41, 5.74) is 19.1. The molecule has 0 saturated heterocycles. The van der Waals surface area contributed by atoms with E-state index in [0.29, 0.717) is 0 Å². The van der Waals surface area contributed by atoms with E-state index < -0.39 is 53.5 Å². The van der Waals surface area contributed by atoms with E-state index in [0.717, 1.165) is 15.4 Å². The molecule has 3 heterocycles. The second-order valence-corrected chi connectivity index (χ2v) is 9.51. The van der Waals surface area contributed by atoms with Gasteiger partial charge >= 0.3 is 29.6 Å². The van der Waals surface area contributed by atoms with Gasteiger partial charge in [0.2, 0.25) is 18.0 Å². The van der Waals surface area contributed by atoms with Gasteiger partial charge in [0, 0.05) is 0 Å². The smallest absolute Gasteiger partial charge is 0.364 e. The van der Waals surface area contributed by atoms with Crippen LogP contribution in [0.2, 0.25) is 0 Å². The fourth-order valence-electron chi connectivity index (χ4n) is 2.86. The van der Waals surface area contributed by atoms with Crippen LogP contribution in [0.25, 0.3) is 5.65 Å². The third kappa shape index (κ3) is 17.8. The van der Waals surface area contributed by atoms with Crippen molar-refractivity contribution in [3.8, 4) is 0 Å². The van der Waals surface area contributed by atoms with Gasteiger partial charge in [0.15, 0.2) is 41.2 Å². The first-order valence-corrected chi connectivity index (χ1v) is 14.5. The first-order chi connectivity index (χ1) is 25.3. The van der Waals surface area contributed by atoms with Crippen LogP contribution in [-0.2, 0) is 47.7 Å². The minimum Gasteiger partial charge on any atom is -1.00 e. The van der Waals surface area contributed by atoms with Crippen LogP contribution in [0.4, 0.5) is 5.82 Å². The Balaban J connectivity index is -0.000000650. The molecule has 27 nitrogen and oxygen atoms in total. The van der Waals surface area contributed by atoms with Crippen molar-refractivity contribution in [2.75, 3.05) is 28.4 Å². The number of H-pyrrole nitrogens is 1. The fourth-order valence-corrected chi connectivity index (χ4v) is 2.86. The molecular formula is C27H39ClN14O13. The number of nitrogens with two attached hydrogens (primary N) is 2. The predicted molar refractivity (Wildman–Crippen MR) is 176 cm³/mol. The van der Waals surface area contributed by atoms with Gasteiger partial charge in [-0.1, -0.05) is 5.21 Å². The normalized spacial score (nSPS) is 11.3. The van der Waals surface area contributed by atoms with Crippen LogP contribution in [0.5, 0.6) is 0 Å². The number of quaternary nitrogens is 1. The molecule has 302 valence electrons. The SMILES string of the molecule is COC(=O)[C@@H](C)N=C=O.COC(=O)[C@@H](C)N=C=O.COC(=O)[C@@H](C)[NH3+].COC(=O)[C@@H](C)n1nnc2c(C(N)=O)ncn2c1=O.N=Nc1nc[nH]c1C(N)=O.[Cl-]. The fraction of sp³-hybridized carbons (Fsp3) is 0.444. The van der Waals surface area contributed by atoms with Crippen LogP contribution in [0.1, 0.15) is 54.7 Å². The number of fused-ring (bicyclic) bond motifs is 1. The third-order valence-corrected chi connectivity index (χ3v) is 5.68. The Hall–Kier alpha value is -7.08. The van der Waals surface area contributed by atoms with E-state index in [1.54, 1.807) is 6.92 Å². The summed E-state index contributed by atoms with van der Waals surface area (Å²) in [7, 11) is 5.01. The van der Waals surface area contributed by atoms with E-state index in [-0.39, 0.29) is 47.3 Å². The Bertz CT molecular complexity index is 1880. The van der Waals surface area contributed by atoms with Crippen molar-refractivity contribution >= 4 is 59.3 Å². The Labute approximate surface area is 315 Å². The number of aliphatic imine (C=N–C) groups is 2. The van der Waals surface area contributed by atoms with Crippen molar-refractivity contribution in [3.63, 3.8) is 0 Å². The summed E-state index contributed by atoms with van der Waals surface area (Å²) in [6, 6.07) is -2.65. The summed E-state index contributed by atoms with van der Waals surface area (Å²) < 4.78 is 19.1. The number of ether oxygens (including phenoxy) is 4. The summed E-state index contributed by atoms with van der Waals surface area (Å²) in [6.07, 6.45) is 4.86. The van der Waals surface area contributed by atoms with Gasteiger partial charge in [-0.15, -0.1) is 10.2 Å². The summed E-state index contributed by atoms with van der Waals surface area (Å²) in [6.45, 7) is 6.03.